The highest BCUT2D eigenvalue weighted by atomic mass is 32.1. The molecule has 182 valence electrons. The normalized spacial score (nSPS) is 21.2. The van der Waals surface area contributed by atoms with Gasteiger partial charge in [0.15, 0.2) is 5.79 Å². The third-order valence-corrected chi connectivity index (χ3v) is 7.34. The summed E-state index contributed by atoms with van der Waals surface area (Å²) >= 11 is 1.68. The Bertz CT molecular complexity index is 961. The molecule has 2 aromatic rings. The lowest BCUT2D eigenvalue weighted by Gasteiger charge is -2.16. The molecule has 1 aliphatic rings. The minimum Gasteiger partial charge on any atom is -0.469 e. The van der Waals surface area contributed by atoms with E-state index in [9.17, 15) is 9.90 Å². The molecule has 0 spiro atoms. The number of hydrogen-bond donors (Lipinski definition) is 1. The molecule has 1 N–H and O–H groups in total. The number of rotatable bonds is 11. The SMILES string of the molecule is CCCCCC(O)c1sc2cc(C)ccc2c1/C=C/C1OC(C)(C)OC1CCCC(=O)OC. The van der Waals surface area contributed by atoms with Gasteiger partial charge in [0.05, 0.1) is 19.3 Å². The summed E-state index contributed by atoms with van der Waals surface area (Å²) in [7, 11) is 1.41. The predicted molar refractivity (Wildman–Crippen MR) is 134 cm³/mol. The Morgan fingerprint density at radius 3 is 2.79 bits per heavy atom. The van der Waals surface area contributed by atoms with Crippen molar-refractivity contribution < 1.29 is 24.1 Å². The summed E-state index contributed by atoms with van der Waals surface area (Å²) in [5.41, 5.74) is 2.28. The van der Waals surface area contributed by atoms with E-state index in [2.05, 4.69) is 44.2 Å². The zero-order valence-electron chi connectivity index (χ0n) is 20.6. The Morgan fingerprint density at radius 2 is 2.06 bits per heavy atom. The summed E-state index contributed by atoms with van der Waals surface area (Å²) in [5.74, 6) is -0.886. The summed E-state index contributed by atoms with van der Waals surface area (Å²) in [4.78, 5) is 12.5. The number of unbranched alkanes of at least 4 members (excludes halogenated alkanes) is 2. The molecule has 0 saturated carbocycles. The number of fused-ring (bicyclic) bond motifs is 1. The van der Waals surface area contributed by atoms with Crippen molar-refractivity contribution in [1.29, 1.82) is 0 Å². The molecule has 6 heteroatoms. The van der Waals surface area contributed by atoms with Crippen molar-refractivity contribution in [3.05, 3.63) is 40.3 Å². The van der Waals surface area contributed by atoms with Crippen LogP contribution in [-0.2, 0) is 19.0 Å². The Kier molecular flexibility index (Phi) is 9.10. The Balaban J connectivity index is 1.84. The number of esters is 1. The minimum absolute atomic E-state index is 0.133. The molecule has 1 aromatic heterocycles. The first kappa shape index (κ1) is 25.9. The Morgan fingerprint density at radius 1 is 1.27 bits per heavy atom. The van der Waals surface area contributed by atoms with Crippen LogP contribution in [0, 0.1) is 6.92 Å². The van der Waals surface area contributed by atoms with Gasteiger partial charge >= 0.3 is 5.97 Å². The highest BCUT2D eigenvalue weighted by Crippen LogP contribution is 2.39. The Labute approximate surface area is 201 Å². The zero-order chi connectivity index (χ0) is 24.0. The minimum atomic E-state index is -0.679. The average molecular weight is 475 g/mol. The molecule has 0 radical (unpaired) electrons. The molecule has 0 amide bonds. The van der Waals surface area contributed by atoms with Gasteiger partial charge in [-0.05, 0) is 57.2 Å². The second kappa shape index (κ2) is 11.6. The summed E-state index contributed by atoms with van der Waals surface area (Å²) in [6.45, 7) is 8.10. The fraction of sp³-hybridized carbons (Fsp3) is 0.593. The second-order valence-electron chi connectivity index (χ2n) is 9.36. The van der Waals surface area contributed by atoms with Gasteiger partial charge in [-0.15, -0.1) is 11.3 Å². The maximum atomic E-state index is 11.5. The summed E-state index contributed by atoms with van der Waals surface area (Å²) in [6, 6.07) is 6.45. The van der Waals surface area contributed by atoms with Crippen molar-refractivity contribution in [2.45, 2.75) is 96.7 Å². The molecule has 0 bridgehead atoms. The number of thiophene rings is 1. The molecule has 1 aliphatic heterocycles. The van der Waals surface area contributed by atoms with Gasteiger partial charge in [-0.3, -0.25) is 4.79 Å². The van der Waals surface area contributed by atoms with Crippen LogP contribution in [0.3, 0.4) is 0 Å². The van der Waals surface area contributed by atoms with Crippen LogP contribution in [0.25, 0.3) is 16.2 Å². The van der Waals surface area contributed by atoms with Crippen molar-refractivity contribution in [2.75, 3.05) is 7.11 Å². The van der Waals surface area contributed by atoms with Crippen LogP contribution < -0.4 is 0 Å². The molecule has 0 aliphatic carbocycles. The fourth-order valence-electron chi connectivity index (χ4n) is 4.37. The molecule has 5 nitrogen and oxygen atoms in total. The van der Waals surface area contributed by atoms with Crippen molar-refractivity contribution in [3.63, 3.8) is 0 Å². The van der Waals surface area contributed by atoms with Gasteiger partial charge in [0.2, 0.25) is 0 Å². The van der Waals surface area contributed by atoms with E-state index >= 15 is 0 Å². The van der Waals surface area contributed by atoms with Gasteiger partial charge in [-0.2, -0.15) is 0 Å². The lowest BCUT2D eigenvalue weighted by atomic mass is 10.0. The molecule has 2 heterocycles. The van der Waals surface area contributed by atoms with E-state index in [0.29, 0.717) is 19.3 Å². The maximum Gasteiger partial charge on any atom is 0.305 e. The molecule has 1 fully saturated rings. The summed E-state index contributed by atoms with van der Waals surface area (Å²) in [5, 5.41) is 12.2. The van der Waals surface area contributed by atoms with Gasteiger partial charge in [0, 0.05) is 21.4 Å². The number of carbonyl (C=O) groups is 1. The average Bonchev–Trinajstić information content (AvgIpc) is 3.27. The number of aryl methyl sites for hydroxylation is 1. The van der Waals surface area contributed by atoms with Crippen LogP contribution in [0.1, 0.15) is 87.8 Å². The van der Waals surface area contributed by atoms with Gasteiger partial charge in [-0.25, -0.2) is 0 Å². The largest absolute Gasteiger partial charge is 0.469 e. The summed E-state index contributed by atoms with van der Waals surface area (Å²) in [6.07, 6.45) is 9.14. The van der Waals surface area contributed by atoms with Gasteiger partial charge in [0.25, 0.3) is 0 Å². The van der Waals surface area contributed by atoms with Crippen LogP contribution in [0.2, 0.25) is 0 Å². The third-order valence-electron chi connectivity index (χ3n) is 6.07. The monoisotopic (exact) mass is 474 g/mol. The fourth-order valence-corrected chi connectivity index (χ4v) is 5.68. The molecule has 1 saturated heterocycles. The lowest BCUT2D eigenvalue weighted by Crippen LogP contribution is -2.21. The van der Waals surface area contributed by atoms with Crippen molar-refractivity contribution >= 4 is 33.5 Å². The third kappa shape index (κ3) is 6.89. The van der Waals surface area contributed by atoms with E-state index < -0.39 is 11.9 Å². The van der Waals surface area contributed by atoms with E-state index in [0.717, 1.165) is 41.5 Å². The standard InChI is InChI=1S/C27H38O5S/c1-6-7-8-10-21(28)26-20(19-14-13-18(2)17-24(19)33-26)15-16-23-22(31-27(3,4)32-23)11-9-12-25(29)30-5/h13-17,21-23,28H,6-12H2,1-5H3/b16-15+. The van der Waals surface area contributed by atoms with E-state index in [4.69, 9.17) is 14.2 Å². The molecule has 3 rings (SSSR count). The van der Waals surface area contributed by atoms with Crippen molar-refractivity contribution in [2.24, 2.45) is 0 Å². The van der Waals surface area contributed by atoms with Gasteiger partial charge in [-0.1, -0.05) is 50.5 Å². The van der Waals surface area contributed by atoms with Crippen LogP contribution in [-0.4, -0.2) is 36.2 Å². The number of carbonyl (C=O) groups excluding carboxylic acids is 1. The number of benzene rings is 1. The first-order valence-corrected chi connectivity index (χ1v) is 12.9. The number of aliphatic hydroxyl groups is 1. The molecule has 33 heavy (non-hydrogen) atoms. The topological polar surface area (TPSA) is 65.0 Å². The quantitative estimate of drug-likeness (QED) is 0.290. The first-order valence-electron chi connectivity index (χ1n) is 12.1. The van der Waals surface area contributed by atoms with E-state index in [1.165, 1.54) is 17.4 Å². The number of hydrogen-bond acceptors (Lipinski definition) is 6. The molecule has 3 atom stereocenters. The first-order chi connectivity index (χ1) is 15.7. The highest BCUT2D eigenvalue weighted by Gasteiger charge is 2.39. The summed E-state index contributed by atoms with van der Waals surface area (Å²) < 4.78 is 18.2. The number of ether oxygens (including phenoxy) is 3. The second-order valence-corrected chi connectivity index (χ2v) is 10.4. The number of methoxy groups -OCH3 is 1. The zero-order valence-corrected chi connectivity index (χ0v) is 21.4. The maximum absolute atomic E-state index is 11.5. The molecular formula is C27H38O5S. The van der Waals surface area contributed by atoms with Gasteiger partial charge in [0.1, 0.15) is 6.10 Å². The van der Waals surface area contributed by atoms with Crippen LogP contribution >= 0.6 is 11.3 Å². The van der Waals surface area contributed by atoms with Crippen molar-refractivity contribution in [1.82, 2.24) is 0 Å². The van der Waals surface area contributed by atoms with Gasteiger partial charge < -0.3 is 19.3 Å². The smallest absolute Gasteiger partial charge is 0.305 e. The van der Waals surface area contributed by atoms with Crippen LogP contribution in [0.15, 0.2) is 24.3 Å². The van der Waals surface area contributed by atoms with E-state index in [-0.39, 0.29) is 18.2 Å². The van der Waals surface area contributed by atoms with E-state index in [1.54, 1.807) is 11.3 Å². The van der Waals surface area contributed by atoms with E-state index in [1.807, 2.05) is 13.8 Å². The Hall–Kier alpha value is -1.73. The lowest BCUT2D eigenvalue weighted by molar-refractivity contribution is -0.144. The highest BCUT2D eigenvalue weighted by molar-refractivity contribution is 7.19. The van der Waals surface area contributed by atoms with Crippen LogP contribution in [0.4, 0.5) is 0 Å². The number of aliphatic hydroxyl groups excluding tert-OH is 1. The predicted octanol–water partition coefficient (Wildman–Crippen LogP) is 6.70. The van der Waals surface area contributed by atoms with Crippen molar-refractivity contribution in [3.8, 4) is 0 Å². The molecule has 1 aromatic carbocycles. The molecule has 3 unspecified atom stereocenters. The molecular weight excluding hydrogens is 436 g/mol. The van der Waals surface area contributed by atoms with Crippen LogP contribution in [0.5, 0.6) is 0 Å².